The van der Waals surface area contributed by atoms with E-state index in [4.69, 9.17) is 5.11 Å². The van der Waals surface area contributed by atoms with Crippen molar-refractivity contribution >= 4 is 21.8 Å². The molecule has 7 nitrogen and oxygen atoms in total. The molecule has 2 N–H and O–H groups in total. The lowest BCUT2D eigenvalue weighted by Crippen LogP contribution is -2.28. The molecule has 0 aliphatic rings. The topological polar surface area (TPSA) is 99.6 Å². The van der Waals surface area contributed by atoms with Crippen LogP contribution in [0.4, 0.5) is 5.82 Å². The minimum absolute atomic E-state index is 0.0600. The smallest absolute Gasteiger partial charge is 0.339 e. The standard InChI is InChI=1S/C11H17N3O4S/c1-8-4-5-12-10(9(8)11(15)16)13-6-7-19(17,18)14(2)3/h4-5H,6-7H2,1-3H3,(H,12,13)(H,15,16). The van der Waals surface area contributed by atoms with E-state index in [1.807, 2.05) is 0 Å². The Bertz CT molecular complexity index is 569. The summed E-state index contributed by atoms with van der Waals surface area (Å²) in [6.07, 6.45) is 1.48. The number of nitrogens with zero attached hydrogens (tertiary/aromatic N) is 2. The lowest BCUT2D eigenvalue weighted by atomic mass is 10.1. The number of aromatic nitrogens is 1. The highest BCUT2D eigenvalue weighted by Crippen LogP contribution is 2.16. The van der Waals surface area contributed by atoms with Gasteiger partial charge in [-0.1, -0.05) is 0 Å². The Morgan fingerprint density at radius 1 is 1.47 bits per heavy atom. The van der Waals surface area contributed by atoms with Crippen molar-refractivity contribution in [1.82, 2.24) is 9.29 Å². The maximum absolute atomic E-state index is 11.6. The summed E-state index contributed by atoms with van der Waals surface area (Å²) < 4.78 is 24.2. The number of hydrogen-bond donors (Lipinski definition) is 2. The van der Waals surface area contributed by atoms with E-state index in [2.05, 4.69) is 10.3 Å². The average Bonchev–Trinajstić information content (AvgIpc) is 2.27. The first kappa shape index (κ1) is 15.4. The van der Waals surface area contributed by atoms with Gasteiger partial charge in [-0.25, -0.2) is 22.5 Å². The summed E-state index contributed by atoms with van der Waals surface area (Å²) in [5.74, 6) is -1.04. The number of hydrogen-bond acceptors (Lipinski definition) is 5. The van der Waals surface area contributed by atoms with Crippen LogP contribution in [0.2, 0.25) is 0 Å². The lowest BCUT2D eigenvalue weighted by molar-refractivity contribution is 0.0697. The molecular weight excluding hydrogens is 270 g/mol. The largest absolute Gasteiger partial charge is 0.478 e. The predicted molar refractivity (Wildman–Crippen MR) is 71.9 cm³/mol. The second-order valence-electron chi connectivity index (χ2n) is 4.18. The molecule has 0 atom stereocenters. The molecule has 0 amide bonds. The first-order valence-electron chi connectivity index (χ1n) is 5.58. The molecule has 0 saturated heterocycles. The molecule has 1 aromatic heterocycles. The lowest BCUT2D eigenvalue weighted by Gasteiger charge is -2.13. The summed E-state index contributed by atoms with van der Waals surface area (Å²) in [5, 5.41) is 11.8. The van der Waals surface area contributed by atoms with Crippen LogP contribution >= 0.6 is 0 Å². The summed E-state index contributed by atoms with van der Waals surface area (Å²) in [6.45, 7) is 1.75. The normalized spacial score (nSPS) is 11.6. The van der Waals surface area contributed by atoms with E-state index >= 15 is 0 Å². The van der Waals surface area contributed by atoms with Crippen molar-refractivity contribution in [3.63, 3.8) is 0 Å². The van der Waals surface area contributed by atoms with Crippen LogP contribution in [0.1, 0.15) is 15.9 Å². The van der Waals surface area contributed by atoms with Crippen molar-refractivity contribution < 1.29 is 18.3 Å². The Balaban J connectivity index is 2.80. The van der Waals surface area contributed by atoms with Gasteiger partial charge in [0.05, 0.1) is 5.75 Å². The molecule has 106 valence electrons. The highest BCUT2D eigenvalue weighted by molar-refractivity contribution is 7.89. The second kappa shape index (κ2) is 5.98. The molecule has 1 aromatic rings. The van der Waals surface area contributed by atoms with Crippen molar-refractivity contribution in [3.8, 4) is 0 Å². The van der Waals surface area contributed by atoms with Crippen LogP contribution < -0.4 is 5.32 Å². The first-order valence-corrected chi connectivity index (χ1v) is 7.19. The third-order valence-corrected chi connectivity index (χ3v) is 4.41. The highest BCUT2D eigenvalue weighted by atomic mass is 32.2. The number of aryl methyl sites for hydroxylation is 1. The molecule has 1 rings (SSSR count). The first-order chi connectivity index (χ1) is 8.75. The second-order valence-corrected chi connectivity index (χ2v) is 6.48. The van der Waals surface area contributed by atoms with Crippen LogP contribution in [0.25, 0.3) is 0 Å². The molecule has 0 unspecified atom stereocenters. The van der Waals surface area contributed by atoms with Gasteiger partial charge in [0, 0.05) is 26.8 Å². The fourth-order valence-electron chi connectivity index (χ4n) is 1.44. The number of anilines is 1. The van der Waals surface area contributed by atoms with Gasteiger partial charge in [0.15, 0.2) is 0 Å². The fourth-order valence-corrected chi connectivity index (χ4v) is 2.17. The predicted octanol–water partition coefficient (Wildman–Crippen LogP) is 0.392. The van der Waals surface area contributed by atoms with Gasteiger partial charge in [0.1, 0.15) is 11.4 Å². The number of carboxylic acid groups (broad SMARTS) is 1. The van der Waals surface area contributed by atoms with E-state index in [1.165, 1.54) is 20.3 Å². The van der Waals surface area contributed by atoms with Crippen LogP contribution in [-0.2, 0) is 10.0 Å². The summed E-state index contributed by atoms with van der Waals surface area (Å²) >= 11 is 0. The van der Waals surface area contributed by atoms with E-state index < -0.39 is 16.0 Å². The third-order valence-electron chi connectivity index (χ3n) is 2.58. The number of carbonyl (C=O) groups is 1. The van der Waals surface area contributed by atoms with Crippen molar-refractivity contribution in [2.24, 2.45) is 0 Å². The zero-order valence-electron chi connectivity index (χ0n) is 11.0. The molecule has 0 bridgehead atoms. The van der Waals surface area contributed by atoms with Gasteiger partial charge < -0.3 is 10.4 Å². The van der Waals surface area contributed by atoms with E-state index in [9.17, 15) is 13.2 Å². The zero-order chi connectivity index (χ0) is 14.6. The van der Waals surface area contributed by atoms with Gasteiger partial charge in [-0.2, -0.15) is 0 Å². The molecule has 0 aromatic carbocycles. The number of sulfonamides is 1. The number of carboxylic acids is 1. The van der Waals surface area contributed by atoms with Gasteiger partial charge in [-0.05, 0) is 18.6 Å². The molecule has 19 heavy (non-hydrogen) atoms. The SMILES string of the molecule is Cc1ccnc(NCCS(=O)(=O)N(C)C)c1C(=O)O. The number of nitrogens with one attached hydrogen (secondary N) is 1. The van der Waals surface area contributed by atoms with Crippen LogP contribution in [0, 0.1) is 6.92 Å². The summed E-state index contributed by atoms with van der Waals surface area (Å²) in [5.41, 5.74) is 0.630. The average molecular weight is 287 g/mol. The molecule has 0 fully saturated rings. The van der Waals surface area contributed by atoms with E-state index in [0.29, 0.717) is 5.56 Å². The summed E-state index contributed by atoms with van der Waals surface area (Å²) in [6, 6.07) is 1.59. The third kappa shape index (κ3) is 3.90. The van der Waals surface area contributed by atoms with Crippen LogP contribution in [0.5, 0.6) is 0 Å². The van der Waals surface area contributed by atoms with Crippen LogP contribution in [-0.4, -0.2) is 55.2 Å². The molecule has 0 aliphatic heterocycles. The van der Waals surface area contributed by atoms with Crippen molar-refractivity contribution in [1.29, 1.82) is 0 Å². The maximum atomic E-state index is 11.6. The molecule has 0 saturated carbocycles. The van der Waals surface area contributed by atoms with E-state index in [-0.39, 0.29) is 23.7 Å². The highest BCUT2D eigenvalue weighted by Gasteiger charge is 2.16. The molecule has 0 spiro atoms. The Hall–Kier alpha value is -1.67. The van der Waals surface area contributed by atoms with Crippen LogP contribution in [0.15, 0.2) is 12.3 Å². The van der Waals surface area contributed by atoms with E-state index in [0.717, 1.165) is 4.31 Å². The van der Waals surface area contributed by atoms with Gasteiger partial charge in [0.25, 0.3) is 0 Å². The fraction of sp³-hybridized carbons (Fsp3) is 0.455. The summed E-state index contributed by atoms with van der Waals surface area (Å²) in [4.78, 5) is 15.0. The molecular formula is C11H17N3O4S. The van der Waals surface area contributed by atoms with Crippen molar-refractivity contribution in [2.45, 2.75) is 6.92 Å². The quantitative estimate of drug-likeness (QED) is 0.785. The van der Waals surface area contributed by atoms with E-state index in [1.54, 1.807) is 13.0 Å². The van der Waals surface area contributed by atoms with Crippen LogP contribution in [0.3, 0.4) is 0 Å². The Labute approximate surface area is 112 Å². The Kier molecular flexibility index (Phi) is 4.84. The van der Waals surface area contributed by atoms with Crippen molar-refractivity contribution in [3.05, 3.63) is 23.4 Å². The Morgan fingerprint density at radius 3 is 2.63 bits per heavy atom. The van der Waals surface area contributed by atoms with Gasteiger partial charge >= 0.3 is 5.97 Å². The minimum atomic E-state index is -3.32. The van der Waals surface area contributed by atoms with Gasteiger partial charge in [-0.15, -0.1) is 0 Å². The zero-order valence-corrected chi connectivity index (χ0v) is 11.9. The maximum Gasteiger partial charge on any atom is 0.339 e. The molecule has 0 radical (unpaired) electrons. The monoisotopic (exact) mass is 287 g/mol. The number of rotatable bonds is 6. The number of aromatic carboxylic acids is 1. The van der Waals surface area contributed by atoms with Gasteiger partial charge in [0.2, 0.25) is 10.0 Å². The molecule has 1 heterocycles. The van der Waals surface area contributed by atoms with Gasteiger partial charge in [-0.3, -0.25) is 0 Å². The minimum Gasteiger partial charge on any atom is -0.478 e. The Morgan fingerprint density at radius 2 is 2.11 bits per heavy atom. The van der Waals surface area contributed by atoms with Crippen molar-refractivity contribution in [2.75, 3.05) is 31.7 Å². The molecule has 8 heteroatoms. The molecule has 0 aliphatic carbocycles. The summed E-state index contributed by atoms with van der Waals surface area (Å²) in [7, 11) is -0.421. The number of pyridine rings is 1.